The molecule has 158 valence electrons. The molecule has 3 aromatic carbocycles. The van der Waals surface area contributed by atoms with Crippen molar-refractivity contribution in [1.82, 2.24) is 0 Å². The molecule has 0 radical (unpaired) electrons. The van der Waals surface area contributed by atoms with Crippen LogP contribution >= 0.6 is 0 Å². The Morgan fingerprint density at radius 3 is 2.06 bits per heavy atom. The summed E-state index contributed by atoms with van der Waals surface area (Å²) in [7, 11) is 0. The molecule has 2 bridgehead atoms. The summed E-state index contributed by atoms with van der Waals surface area (Å²) in [6.45, 7) is 3.74. The molecule has 6 heteroatoms. The molecule has 2 amide bonds. The van der Waals surface area contributed by atoms with Crippen LogP contribution in [0.15, 0.2) is 66.7 Å². The van der Waals surface area contributed by atoms with E-state index in [-0.39, 0.29) is 16.7 Å². The molecule has 3 aromatic rings. The summed E-state index contributed by atoms with van der Waals surface area (Å²) in [5.74, 6) is -3.12. The fraction of sp³-hybridized carbons (Fsp3) is 0.231. The Bertz CT molecular complexity index is 1310. The molecule has 0 aromatic heterocycles. The van der Waals surface area contributed by atoms with Crippen LogP contribution in [0.1, 0.15) is 39.3 Å². The van der Waals surface area contributed by atoms with E-state index < -0.39 is 23.3 Å². The van der Waals surface area contributed by atoms with Crippen LogP contribution in [0.5, 0.6) is 0 Å². The maximum absolute atomic E-state index is 13.9. The van der Waals surface area contributed by atoms with E-state index in [1.54, 1.807) is 24.3 Å². The van der Waals surface area contributed by atoms with Crippen molar-refractivity contribution >= 4 is 17.5 Å². The fourth-order valence-corrected chi connectivity index (χ4v) is 6.24. The molecule has 0 unspecified atom stereocenters. The maximum Gasteiger partial charge on any atom is 0.285 e. The van der Waals surface area contributed by atoms with Gasteiger partial charge in [0.2, 0.25) is 11.8 Å². The molecule has 2 atom stereocenters. The lowest BCUT2D eigenvalue weighted by atomic mass is 9.51. The third kappa shape index (κ3) is 2.00. The first-order valence-electron chi connectivity index (χ1n) is 10.7. The van der Waals surface area contributed by atoms with Gasteiger partial charge in [-0.3, -0.25) is 19.7 Å². The number of amides is 2. The van der Waals surface area contributed by atoms with Crippen molar-refractivity contribution in [3.8, 4) is 0 Å². The van der Waals surface area contributed by atoms with Gasteiger partial charge in [-0.25, -0.2) is 4.90 Å². The van der Waals surface area contributed by atoms with Gasteiger partial charge in [-0.05, 0) is 42.2 Å². The van der Waals surface area contributed by atoms with Crippen molar-refractivity contribution in [2.45, 2.75) is 25.3 Å². The Balaban J connectivity index is 1.68. The summed E-state index contributed by atoms with van der Waals surface area (Å²) in [5.41, 5.74) is 3.03. The molecular formula is C26H20N2O4. The Kier molecular flexibility index (Phi) is 3.62. The molecule has 32 heavy (non-hydrogen) atoms. The van der Waals surface area contributed by atoms with Crippen molar-refractivity contribution in [3.05, 3.63) is 110 Å². The number of hydrogen-bond donors (Lipinski definition) is 0. The van der Waals surface area contributed by atoms with Gasteiger partial charge in [-0.2, -0.15) is 0 Å². The fourth-order valence-electron chi connectivity index (χ4n) is 6.24. The van der Waals surface area contributed by atoms with Crippen molar-refractivity contribution < 1.29 is 14.5 Å². The van der Waals surface area contributed by atoms with Gasteiger partial charge in [-0.1, -0.05) is 60.7 Å². The molecule has 6 nitrogen and oxygen atoms in total. The van der Waals surface area contributed by atoms with E-state index in [9.17, 15) is 19.7 Å². The number of nitro groups is 1. The maximum atomic E-state index is 13.9. The predicted molar refractivity (Wildman–Crippen MR) is 118 cm³/mol. The Labute approximate surface area is 184 Å². The second-order valence-electron chi connectivity index (χ2n) is 8.98. The number of anilines is 1. The van der Waals surface area contributed by atoms with Gasteiger partial charge in [0.1, 0.15) is 5.92 Å². The molecule has 4 aliphatic rings. The topological polar surface area (TPSA) is 80.5 Å². The second kappa shape index (κ2) is 6.13. The summed E-state index contributed by atoms with van der Waals surface area (Å²) in [4.78, 5) is 41.6. The lowest BCUT2D eigenvalue weighted by molar-refractivity contribution is -0.578. The third-order valence-electron chi connectivity index (χ3n) is 7.47. The number of aryl methyl sites for hydroxylation is 2. The van der Waals surface area contributed by atoms with Crippen LogP contribution in [0, 0.1) is 35.8 Å². The van der Waals surface area contributed by atoms with E-state index in [0.29, 0.717) is 16.8 Å². The standard InChI is InChI=1S/C26H20N2O4/c1-14-11-12-15(2)20(13-14)27-24(29)22-21-16-7-3-5-9-18(16)26(28(31)32,23(22)25(27)30)19-10-6-4-8-17(19)21/h3-13,21-23H,1-2H3/t21?,22-,23+,26?/m1/s1. The zero-order chi connectivity index (χ0) is 22.4. The molecule has 7 rings (SSSR count). The first-order chi connectivity index (χ1) is 15.4. The van der Waals surface area contributed by atoms with Crippen LogP contribution in [0.2, 0.25) is 0 Å². The van der Waals surface area contributed by atoms with Crippen LogP contribution in [0.3, 0.4) is 0 Å². The SMILES string of the molecule is Cc1ccc(C)c(N2C(=O)[C@@H]3C4c5ccccc5C([N+](=O)[O-])(c5ccccc54)[C@@H]3C2=O)c1. The highest BCUT2D eigenvalue weighted by Crippen LogP contribution is 2.64. The van der Waals surface area contributed by atoms with E-state index >= 15 is 0 Å². The highest BCUT2D eigenvalue weighted by atomic mass is 16.6. The molecule has 0 saturated carbocycles. The van der Waals surface area contributed by atoms with E-state index in [0.717, 1.165) is 22.3 Å². The average molecular weight is 424 g/mol. The van der Waals surface area contributed by atoms with Crippen molar-refractivity contribution in [2.24, 2.45) is 11.8 Å². The van der Waals surface area contributed by atoms with Crippen LogP contribution in [0.4, 0.5) is 5.69 Å². The number of nitrogens with zero attached hydrogens (tertiary/aromatic N) is 2. The lowest BCUT2D eigenvalue weighted by Gasteiger charge is -2.48. The number of benzene rings is 3. The third-order valence-corrected chi connectivity index (χ3v) is 7.47. The van der Waals surface area contributed by atoms with Crippen molar-refractivity contribution in [1.29, 1.82) is 0 Å². The molecule has 0 spiro atoms. The summed E-state index contributed by atoms with van der Waals surface area (Å²) in [6.07, 6.45) is 0. The normalized spacial score (nSPS) is 27.2. The summed E-state index contributed by atoms with van der Waals surface area (Å²) in [6, 6.07) is 20.0. The molecule has 1 fully saturated rings. The number of rotatable bonds is 2. The number of imide groups is 1. The van der Waals surface area contributed by atoms with Gasteiger partial charge in [0, 0.05) is 22.0 Å². The van der Waals surface area contributed by atoms with Crippen LogP contribution in [-0.4, -0.2) is 16.7 Å². The summed E-state index contributed by atoms with van der Waals surface area (Å²) in [5, 5.41) is 12.9. The monoisotopic (exact) mass is 424 g/mol. The van der Waals surface area contributed by atoms with E-state index in [4.69, 9.17) is 0 Å². The van der Waals surface area contributed by atoms with Crippen LogP contribution < -0.4 is 4.90 Å². The van der Waals surface area contributed by atoms with Gasteiger partial charge in [0.05, 0.1) is 11.6 Å². The lowest BCUT2D eigenvalue weighted by Crippen LogP contribution is -2.57. The van der Waals surface area contributed by atoms with Gasteiger partial charge < -0.3 is 0 Å². The smallest absolute Gasteiger partial charge is 0.274 e. The predicted octanol–water partition coefficient (Wildman–Crippen LogP) is 4.09. The zero-order valence-electron chi connectivity index (χ0n) is 17.6. The number of carbonyl (C=O) groups excluding carboxylic acids is 2. The van der Waals surface area contributed by atoms with Crippen molar-refractivity contribution in [2.75, 3.05) is 4.90 Å². The molecule has 1 heterocycles. The number of carbonyl (C=O) groups is 2. The minimum atomic E-state index is -1.79. The molecule has 1 aliphatic heterocycles. The van der Waals surface area contributed by atoms with E-state index in [1.807, 2.05) is 56.3 Å². The van der Waals surface area contributed by atoms with Gasteiger partial charge in [0.25, 0.3) is 5.54 Å². The van der Waals surface area contributed by atoms with Crippen molar-refractivity contribution in [3.63, 3.8) is 0 Å². The Morgan fingerprint density at radius 2 is 1.47 bits per heavy atom. The molecule has 0 N–H and O–H groups in total. The summed E-state index contributed by atoms with van der Waals surface area (Å²) < 4.78 is 0. The van der Waals surface area contributed by atoms with Gasteiger partial charge in [0.15, 0.2) is 0 Å². The van der Waals surface area contributed by atoms with E-state index in [2.05, 4.69) is 0 Å². The summed E-state index contributed by atoms with van der Waals surface area (Å²) >= 11 is 0. The largest absolute Gasteiger partial charge is 0.285 e. The van der Waals surface area contributed by atoms with Crippen LogP contribution in [0.25, 0.3) is 0 Å². The Hall–Kier alpha value is -3.80. The minimum absolute atomic E-state index is 0.338. The first-order valence-corrected chi connectivity index (χ1v) is 10.7. The molecular weight excluding hydrogens is 404 g/mol. The highest BCUT2D eigenvalue weighted by molar-refractivity contribution is 6.24. The van der Waals surface area contributed by atoms with Crippen LogP contribution in [-0.2, 0) is 15.1 Å². The molecule has 3 aliphatic carbocycles. The van der Waals surface area contributed by atoms with Gasteiger partial charge in [-0.15, -0.1) is 0 Å². The quantitative estimate of drug-likeness (QED) is 0.353. The van der Waals surface area contributed by atoms with Gasteiger partial charge >= 0.3 is 0 Å². The zero-order valence-corrected chi connectivity index (χ0v) is 17.6. The first kappa shape index (κ1) is 18.9. The minimum Gasteiger partial charge on any atom is -0.274 e. The highest BCUT2D eigenvalue weighted by Gasteiger charge is 2.74. The average Bonchev–Trinajstić information content (AvgIpc) is 3.06. The number of hydrogen-bond acceptors (Lipinski definition) is 4. The Morgan fingerprint density at radius 1 is 0.875 bits per heavy atom. The van der Waals surface area contributed by atoms with E-state index in [1.165, 1.54) is 4.90 Å². The molecule has 1 saturated heterocycles. The second-order valence-corrected chi connectivity index (χ2v) is 8.98.